The average molecular weight is 421 g/mol. The van der Waals surface area contributed by atoms with Gasteiger partial charge in [-0.15, -0.1) is 0 Å². The van der Waals surface area contributed by atoms with Crippen LogP contribution in [0.25, 0.3) is 65.9 Å². The highest BCUT2D eigenvalue weighted by Gasteiger charge is 2.11. The van der Waals surface area contributed by atoms with Gasteiger partial charge in [0.05, 0.1) is 5.69 Å². The fourth-order valence-electron chi connectivity index (χ4n) is 4.74. The minimum absolute atomic E-state index is 0.898. The SMILES string of the molecule is c1ccc(-c2ccc(-c3ccc4oc5cc6cc7ccccc7cc6cc5c4c3)nc2)cc1. The van der Waals surface area contributed by atoms with Crippen molar-refractivity contribution >= 4 is 43.5 Å². The largest absolute Gasteiger partial charge is 0.456 e. The third-order valence-electron chi connectivity index (χ3n) is 6.46. The smallest absolute Gasteiger partial charge is 0.136 e. The summed E-state index contributed by atoms with van der Waals surface area (Å²) >= 11 is 0. The van der Waals surface area contributed by atoms with Gasteiger partial charge in [-0.3, -0.25) is 4.98 Å². The number of hydrogen-bond donors (Lipinski definition) is 0. The minimum Gasteiger partial charge on any atom is -0.456 e. The highest BCUT2D eigenvalue weighted by atomic mass is 16.3. The molecule has 0 fully saturated rings. The zero-order valence-corrected chi connectivity index (χ0v) is 17.8. The third kappa shape index (κ3) is 3.00. The molecular formula is C31H19NO. The lowest BCUT2D eigenvalue weighted by atomic mass is 10.0. The number of fused-ring (bicyclic) bond motifs is 5. The summed E-state index contributed by atoms with van der Waals surface area (Å²) in [5.41, 5.74) is 6.15. The first-order valence-electron chi connectivity index (χ1n) is 11.1. The molecule has 0 saturated carbocycles. The molecule has 0 saturated heterocycles. The van der Waals surface area contributed by atoms with Crippen LogP contribution in [0.15, 0.2) is 120 Å². The first-order valence-corrected chi connectivity index (χ1v) is 11.1. The molecule has 7 rings (SSSR count). The van der Waals surface area contributed by atoms with Crippen LogP contribution in [-0.4, -0.2) is 4.98 Å². The Balaban J connectivity index is 1.37. The maximum atomic E-state index is 6.22. The van der Waals surface area contributed by atoms with Crippen molar-refractivity contribution < 1.29 is 4.42 Å². The number of benzene rings is 5. The Hall–Kier alpha value is -4.43. The van der Waals surface area contributed by atoms with Crippen LogP contribution < -0.4 is 0 Å². The minimum atomic E-state index is 0.898. The highest BCUT2D eigenvalue weighted by molar-refractivity contribution is 6.12. The molecule has 2 nitrogen and oxygen atoms in total. The number of furan rings is 1. The number of aromatic nitrogens is 1. The zero-order valence-electron chi connectivity index (χ0n) is 17.8. The summed E-state index contributed by atoms with van der Waals surface area (Å²) in [6.45, 7) is 0. The second-order valence-corrected chi connectivity index (χ2v) is 8.51. The second kappa shape index (κ2) is 7.04. The van der Waals surface area contributed by atoms with E-state index in [-0.39, 0.29) is 0 Å². The van der Waals surface area contributed by atoms with E-state index in [0.717, 1.165) is 38.8 Å². The van der Waals surface area contributed by atoms with E-state index < -0.39 is 0 Å². The van der Waals surface area contributed by atoms with E-state index in [2.05, 4.69) is 91.0 Å². The summed E-state index contributed by atoms with van der Waals surface area (Å²) in [7, 11) is 0. The summed E-state index contributed by atoms with van der Waals surface area (Å²) < 4.78 is 6.22. The Bertz CT molecular complexity index is 1790. The molecule has 0 unspecified atom stereocenters. The number of nitrogens with zero attached hydrogens (tertiary/aromatic N) is 1. The van der Waals surface area contributed by atoms with Gasteiger partial charge in [-0.05, 0) is 75.6 Å². The van der Waals surface area contributed by atoms with Crippen LogP contribution in [-0.2, 0) is 0 Å². The lowest BCUT2D eigenvalue weighted by Gasteiger charge is -2.05. The van der Waals surface area contributed by atoms with Crippen LogP contribution in [0.4, 0.5) is 0 Å². The lowest BCUT2D eigenvalue weighted by Crippen LogP contribution is -1.85. The van der Waals surface area contributed by atoms with Crippen LogP contribution in [0.1, 0.15) is 0 Å². The standard InChI is InChI=1S/C31H19NO/c1-2-6-20(7-3-1)24-10-12-29(32-19-24)23-11-13-30-27(16-23)28-17-25-14-21-8-4-5-9-22(21)15-26(25)18-31(28)33-30/h1-19H. The number of pyridine rings is 1. The molecular weight excluding hydrogens is 402 g/mol. The molecule has 0 aliphatic carbocycles. The van der Waals surface area contributed by atoms with Crippen LogP contribution in [0.3, 0.4) is 0 Å². The van der Waals surface area contributed by atoms with Crippen LogP contribution in [0.5, 0.6) is 0 Å². The molecule has 0 spiro atoms. The number of rotatable bonds is 2. The molecule has 0 bridgehead atoms. The van der Waals surface area contributed by atoms with E-state index in [1.807, 2.05) is 24.4 Å². The zero-order chi connectivity index (χ0) is 21.8. The van der Waals surface area contributed by atoms with Crippen molar-refractivity contribution in [1.82, 2.24) is 4.98 Å². The van der Waals surface area contributed by atoms with Crippen molar-refractivity contribution in [3.63, 3.8) is 0 Å². The van der Waals surface area contributed by atoms with Gasteiger partial charge in [-0.1, -0.05) is 60.7 Å². The summed E-state index contributed by atoms with van der Waals surface area (Å²) in [6.07, 6.45) is 1.95. The molecule has 2 heterocycles. The van der Waals surface area contributed by atoms with Crippen LogP contribution in [0.2, 0.25) is 0 Å². The molecule has 0 aliphatic rings. The van der Waals surface area contributed by atoms with Gasteiger partial charge in [-0.25, -0.2) is 0 Å². The van der Waals surface area contributed by atoms with E-state index in [4.69, 9.17) is 9.40 Å². The Morgan fingerprint density at radius 3 is 1.91 bits per heavy atom. The summed E-state index contributed by atoms with van der Waals surface area (Å²) in [5, 5.41) is 7.16. The van der Waals surface area contributed by atoms with Gasteiger partial charge in [0.15, 0.2) is 0 Å². The summed E-state index contributed by atoms with van der Waals surface area (Å²) in [4.78, 5) is 4.75. The Labute approximate surface area is 190 Å². The summed E-state index contributed by atoms with van der Waals surface area (Å²) in [5.74, 6) is 0. The fourth-order valence-corrected chi connectivity index (χ4v) is 4.74. The molecule has 0 N–H and O–H groups in total. The molecule has 2 heteroatoms. The Morgan fingerprint density at radius 2 is 1.15 bits per heavy atom. The van der Waals surface area contributed by atoms with Gasteiger partial charge in [0, 0.05) is 28.1 Å². The molecule has 2 aromatic heterocycles. The third-order valence-corrected chi connectivity index (χ3v) is 6.46. The fraction of sp³-hybridized carbons (Fsp3) is 0. The van der Waals surface area contributed by atoms with Crippen LogP contribution >= 0.6 is 0 Å². The van der Waals surface area contributed by atoms with E-state index in [9.17, 15) is 0 Å². The van der Waals surface area contributed by atoms with E-state index in [0.29, 0.717) is 0 Å². The Kier molecular flexibility index (Phi) is 3.88. The van der Waals surface area contributed by atoms with Crippen LogP contribution in [0, 0.1) is 0 Å². The molecule has 0 amide bonds. The molecule has 0 atom stereocenters. The molecule has 33 heavy (non-hydrogen) atoms. The topological polar surface area (TPSA) is 26.0 Å². The van der Waals surface area contributed by atoms with Crippen molar-refractivity contribution in [3.8, 4) is 22.4 Å². The normalized spacial score (nSPS) is 11.6. The quantitative estimate of drug-likeness (QED) is 0.261. The van der Waals surface area contributed by atoms with Gasteiger partial charge in [-0.2, -0.15) is 0 Å². The molecule has 7 aromatic rings. The lowest BCUT2D eigenvalue weighted by molar-refractivity contribution is 0.669. The van der Waals surface area contributed by atoms with Crippen molar-refractivity contribution in [3.05, 3.63) is 115 Å². The first kappa shape index (κ1) is 18.2. The van der Waals surface area contributed by atoms with Gasteiger partial charge in [0.2, 0.25) is 0 Å². The molecule has 0 aliphatic heterocycles. The predicted octanol–water partition coefficient (Wildman–Crippen LogP) is 8.62. The monoisotopic (exact) mass is 421 g/mol. The molecule has 0 radical (unpaired) electrons. The summed E-state index contributed by atoms with van der Waals surface area (Å²) in [6, 6.07) is 38.3. The van der Waals surface area contributed by atoms with Crippen molar-refractivity contribution in [2.45, 2.75) is 0 Å². The van der Waals surface area contributed by atoms with E-state index in [1.54, 1.807) is 0 Å². The average Bonchev–Trinajstić information content (AvgIpc) is 3.23. The second-order valence-electron chi connectivity index (χ2n) is 8.51. The number of hydrogen-bond acceptors (Lipinski definition) is 2. The van der Waals surface area contributed by atoms with Gasteiger partial charge in [0.1, 0.15) is 11.2 Å². The molecule has 5 aromatic carbocycles. The highest BCUT2D eigenvalue weighted by Crippen LogP contribution is 2.35. The van der Waals surface area contributed by atoms with Gasteiger partial charge < -0.3 is 4.42 Å². The maximum Gasteiger partial charge on any atom is 0.136 e. The van der Waals surface area contributed by atoms with Crippen molar-refractivity contribution in [2.75, 3.05) is 0 Å². The van der Waals surface area contributed by atoms with Crippen molar-refractivity contribution in [1.29, 1.82) is 0 Å². The van der Waals surface area contributed by atoms with Gasteiger partial charge >= 0.3 is 0 Å². The van der Waals surface area contributed by atoms with E-state index >= 15 is 0 Å². The first-order chi connectivity index (χ1) is 16.3. The maximum absolute atomic E-state index is 6.22. The van der Waals surface area contributed by atoms with E-state index in [1.165, 1.54) is 27.1 Å². The van der Waals surface area contributed by atoms with Crippen molar-refractivity contribution in [2.24, 2.45) is 0 Å². The predicted molar refractivity (Wildman–Crippen MR) is 137 cm³/mol. The Morgan fingerprint density at radius 1 is 0.455 bits per heavy atom. The molecule has 154 valence electrons. The van der Waals surface area contributed by atoms with Gasteiger partial charge in [0.25, 0.3) is 0 Å².